The van der Waals surface area contributed by atoms with E-state index in [1.165, 1.54) is 19.3 Å². The van der Waals surface area contributed by atoms with Gasteiger partial charge in [-0.15, -0.1) is 0 Å². The summed E-state index contributed by atoms with van der Waals surface area (Å²) in [4.78, 5) is 6.56. The van der Waals surface area contributed by atoms with Gasteiger partial charge in [0.05, 0.1) is 12.0 Å². The Kier molecular flexibility index (Phi) is 3.04. The molecule has 0 aromatic carbocycles. The zero-order valence-electron chi connectivity index (χ0n) is 10.5. The second-order valence-corrected chi connectivity index (χ2v) is 5.21. The summed E-state index contributed by atoms with van der Waals surface area (Å²) in [6.45, 7) is 3.02. The molecule has 1 saturated carbocycles. The van der Waals surface area contributed by atoms with Crippen LogP contribution in [0, 0.1) is 0 Å². The van der Waals surface area contributed by atoms with Crippen LogP contribution in [-0.2, 0) is 6.54 Å². The van der Waals surface area contributed by atoms with E-state index in [1.807, 2.05) is 19.4 Å². The molecule has 1 aromatic rings. The Hall–Kier alpha value is -0.870. The van der Waals surface area contributed by atoms with Gasteiger partial charge >= 0.3 is 0 Å². The van der Waals surface area contributed by atoms with Crippen LogP contribution in [0.2, 0.25) is 0 Å². The van der Waals surface area contributed by atoms with Gasteiger partial charge in [0.25, 0.3) is 0 Å². The van der Waals surface area contributed by atoms with Gasteiger partial charge in [-0.3, -0.25) is 0 Å². The van der Waals surface area contributed by atoms with Crippen LogP contribution >= 0.6 is 0 Å². The third-order valence-corrected chi connectivity index (χ3v) is 3.91. The van der Waals surface area contributed by atoms with Crippen molar-refractivity contribution in [3.05, 3.63) is 18.2 Å². The molecule has 1 fully saturated rings. The van der Waals surface area contributed by atoms with Crippen LogP contribution in [0.3, 0.4) is 0 Å². The molecule has 2 N–H and O–H groups in total. The van der Waals surface area contributed by atoms with E-state index in [4.69, 9.17) is 5.73 Å². The van der Waals surface area contributed by atoms with Crippen LogP contribution in [0.15, 0.2) is 12.5 Å². The fourth-order valence-corrected chi connectivity index (χ4v) is 2.49. The van der Waals surface area contributed by atoms with Crippen LogP contribution in [0.5, 0.6) is 0 Å². The quantitative estimate of drug-likeness (QED) is 0.837. The van der Waals surface area contributed by atoms with Gasteiger partial charge in [0.2, 0.25) is 0 Å². The Morgan fingerprint density at radius 2 is 2.25 bits per heavy atom. The second kappa shape index (κ2) is 4.18. The summed E-state index contributed by atoms with van der Waals surface area (Å²) in [6, 6.07) is 0.0572. The van der Waals surface area contributed by atoms with Gasteiger partial charge in [-0.05, 0) is 40.3 Å². The normalized spacial score (nSPS) is 20.8. The van der Waals surface area contributed by atoms with Gasteiger partial charge in [-0.25, -0.2) is 4.98 Å². The molecule has 1 heterocycles. The van der Waals surface area contributed by atoms with Gasteiger partial charge in [0.15, 0.2) is 0 Å². The molecule has 1 aliphatic carbocycles. The summed E-state index contributed by atoms with van der Waals surface area (Å²) in [7, 11) is 4.34. The van der Waals surface area contributed by atoms with E-state index < -0.39 is 0 Å². The molecule has 0 saturated heterocycles. The maximum absolute atomic E-state index is 5.94. The highest BCUT2D eigenvalue weighted by Crippen LogP contribution is 2.38. The highest BCUT2D eigenvalue weighted by atomic mass is 15.2. The van der Waals surface area contributed by atoms with Crippen molar-refractivity contribution >= 4 is 0 Å². The molecule has 4 heteroatoms. The molecular weight excluding hydrogens is 200 g/mol. The summed E-state index contributed by atoms with van der Waals surface area (Å²) in [5.74, 6) is 0. The minimum absolute atomic E-state index is 0.0572. The van der Waals surface area contributed by atoms with E-state index in [-0.39, 0.29) is 6.04 Å². The first-order valence-corrected chi connectivity index (χ1v) is 5.98. The molecular formula is C12H22N4. The standard InChI is InChI=1S/C12H22N4/c1-10(13)11-7-14-9-16(11)8-12(15(2)3)5-4-6-12/h7,9-10H,4-6,8,13H2,1-3H3/t10-/m0/s1. The molecule has 0 aliphatic heterocycles. The average Bonchev–Trinajstić information content (AvgIpc) is 2.58. The lowest BCUT2D eigenvalue weighted by molar-refractivity contribution is 0.0414. The number of likely N-dealkylation sites (N-methyl/N-ethyl adjacent to an activating group) is 1. The fourth-order valence-electron chi connectivity index (χ4n) is 2.49. The number of aromatic nitrogens is 2. The van der Waals surface area contributed by atoms with Gasteiger partial charge in [0, 0.05) is 24.3 Å². The lowest BCUT2D eigenvalue weighted by Crippen LogP contribution is -2.53. The van der Waals surface area contributed by atoms with E-state index in [9.17, 15) is 0 Å². The average molecular weight is 222 g/mol. The van der Waals surface area contributed by atoms with Gasteiger partial charge < -0.3 is 15.2 Å². The van der Waals surface area contributed by atoms with Gasteiger partial charge in [-0.1, -0.05) is 0 Å². The summed E-state index contributed by atoms with van der Waals surface area (Å²) < 4.78 is 2.21. The Labute approximate surface area is 97.4 Å². The zero-order valence-corrected chi connectivity index (χ0v) is 10.5. The minimum atomic E-state index is 0.0572. The number of nitrogens with zero attached hydrogens (tertiary/aromatic N) is 3. The third-order valence-electron chi connectivity index (χ3n) is 3.91. The van der Waals surface area contributed by atoms with Crippen LogP contribution in [-0.4, -0.2) is 34.1 Å². The minimum Gasteiger partial charge on any atom is -0.331 e. The zero-order chi connectivity index (χ0) is 11.8. The summed E-state index contributed by atoms with van der Waals surface area (Å²) >= 11 is 0. The van der Waals surface area contributed by atoms with Crippen molar-refractivity contribution in [3.8, 4) is 0 Å². The number of hydrogen-bond acceptors (Lipinski definition) is 3. The molecule has 4 nitrogen and oxygen atoms in total. The molecule has 90 valence electrons. The lowest BCUT2D eigenvalue weighted by atomic mass is 9.75. The number of imidazole rings is 1. The highest BCUT2D eigenvalue weighted by molar-refractivity contribution is 5.06. The maximum Gasteiger partial charge on any atom is 0.0949 e. The van der Waals surface area contributed by atoms with E-state index in [2.05, 4.69) is 28.5 Å². The van der Waals surface area contributed by atoms with E-state index in [1.54, 1.807) is 0 Å². The molecule has 0 spiro atoms. The number of rotatable bonds is 4. The third kappa shape index (κ3) is 1.87. The smallest absolute Gasteiger partial charge is 0.0949 e. The molecule has 0 bridgehead atoms. The fraction of sp³-hybridized carbons (Fsp3) is 0.750. The van der Waals surface area contributed by atoms with Crippen molar-refractivity contribution in [1.29, 1.82) is 0 Å². The number of hydrogen-bond donors (Lipinski definition) is 1. The molecule has 1 atom stereocenters. The van der Waals surface area contributed by atoms with Crippen LogP contribution < -0.4 is 5.73 Å². The first kappa shape index (κ1) is 11.6. The van der Waals surface area contributed by atoms with Crippen molar-refractivity contribution in [2.45, 2.75) is 44.3 Å². The Balaban J connectivity index is 2.16. The molecule has 1 aromatic heterocycles. The molecule has 2 rings (SSSR count). The summed E-state index contributed by atoms with van der Waals surface area (Å²) in [5, 5.41) is 0. The van der Waals surface area contributed by atoms with E-state index in [0.29, 0.717) is 5.54 Å². The van der Waals surface area contributed by atoms with Crippen molar-refractivity contribution in [2.24, 2.45) is 5.73 Å². The van der Waals surface area contributed by atoms with Crippen LogP contribution in [0.4, 0.5) is 0 Å². The molecule has 0 unspecified atom stereocenters. The Morgan fingerprint density at radius 1 is 1.56 bits per heavy atom. The first-order valence-electron chi connectivity index (χ1n) is 5.98. The van der Waals surface area contributed by atoms with Crippen molar-refractivity contribution in [1.82, 2.24) is 14.5 Å². The monoisotopic (exact) mass is 222 g/mol. The van der Waals surface area contributed by atoms with E-state index in [0.717, 1.165) is 12.2 Å². The van der Waals surface area contributed by atoms with E-state index >= 15 is 0 Å². The first-order chi connectivity index (χ1) is 7.55. The Morgan fingerprint density at radius 3 is 2.69 bits per heavy atom. The van der Waals surface area contributed by atoms with Crippen LogP contribution in [0.1, 0.15) is 37.9 Å². The highest BCUT2D eigenvalue weighted by Gasteiger charge is 2.39. The van der Waals surface area contributed by atoms with Crippen molar-refractivity contribution in [2.75, 3.05) is 14.1 Å². The molecule has 0 radical (unpaired) electrons. The lowest BCUT2D eigenvalue weighted by Gasteiger charge is -2.47. The summed E-state index contributed by atoms with van der Waals surface area (Å²) in [5.41, 5.74) is 7.40. The maximum atomic E-state index is 5.94. The number of nitrogens with two attached hydrogens (primary N) is 1. The van der Waals surface area contributed by atoms with Crippen molar-refractivity contribution < 1.29 is 0 Å². The predicted octanol–water partition coefficient (Wildman–Crippen LogP) is 1.39. The SMILES string of the molecule is C[C@H](N)c1cncn1CC1(N(C)C)CCC1. The largest absolute Gasteiger partial charge is 0.331 e. The Bertz CT molecular complexity index is 350. The van der Waals surface area contributed by atoms with Crippen LogP contribution in [0.25, 0.3) is 0 Å². The molecule has 16 heavy (non-hydrogen) atoms. The molecule has 1 aliphatic rings. The second-order valence-electron chi connectivity index (χ2n) is 5.21. The topological polar surface area (TPSA) is 47.1 Å². The van der Waals surface area contributed by atoms with Gasteiger partial charge in [-0.2, -0.15) is 0 Å². The van der Waals surface area contributed by atoms with Crippen molar-refractivity contribution in [3.63, 3.8) is 0 Å². The van der Waals surface area contributed by atoms with Gasteiger partial charge in [0.1, 0.15) is 0 Å². The predicted molar refractivity (Wildman–Crippen MR) is 65.1 cm³/mol. The molecule has 0 amide bonds. The summed E-state index contributed by atoms with van der Waals surface area (Å²) in [6.07, 6.45) is 7.67.